The van der Waals surface area contributed by atoms with Crippen molar-refractivity contribution >= 4 is 17.7 Å². The van der Waals surface area contributed by atoms with Gasteiger partial charge in [0.05, 0.1) is 12.2 Å². The van der Waals surface area contributed by atoms with Crippen molar-refractivity contribution in [2.75, 3.05) is 26.4 Å². The summed E-state index contributed by atoms with van der Waals surface area (Å²) in [7, 11) is 0. The van der Waals surface area contributed by atoms with Gasteiger partial charge >= 0.3 is 11.9 Å². The van der Waals surface area contributed by atoms with E-state index in [-0.39, 0.29) is 25.5 Å². The smallest absolute Gasteiger partial charge is 0.339 e. The van der Waals surface area contributed by atoms with Gasteiger partial charge in [-0.25, -0.2) is 4.79 Å². The van der Waals surface area contributed by atoms with Crippen LogP contribution in [-0.2, 0) is 20.8 Å². The molecule has 0 saturated carbocycles. The highest BCUT2D eigenvalue weighted by Crippen LogP contribution is 2.30. The Balaban J connectivity index is 1.60. The van der Waals surface area contributed by atoms with Crippen LogP contribution in [0.25, 0.3) is 0 Å². The van der Waals surface area contributed by atoms with E-state index in [1.807, 2.05) is 0 Å². The summed E-state index contributed by atoms with van der Waals surface area (Å²) >= 11 is 0. The van der Waals surface area contributed by atoms with Gasteiger partial charge in [-0.2, -0.15) is 0 Å². The zero-order valence-corrected chi connectivity index (χ0v) is 16.6. The Bertz CT molecular complexity index is 945. The van der Waals surface area contributed by atoms with E-state index in [2.05, 4.69) is 0 Å². The lowest BCUT2D eigenvalue weighted by atomic mass is 10.1. The van der Waals surface area contributed by atoms with Crippen molar-refractivity contribution in [1.29, 1.82) is 0 Å². The molecule has 3 rings (SSSR count). The molecule has 0 saturated heterocycles. The molecule has 0 aliphatic carbocycles. The van der Waals surface area contributed by atoms with E-state index in [4.69, 9.17) is 18.9 Å². The summed E-state index contributed by atoms with van der Waals surface area (Å²) in [5.41, 5.74) is 2.11. The van der Waals surface area contributed by atoms with E-state index >= 15 is 0 Å². The fraction of sp³-hybridized carbons (Fsp3) is 0.381. The molecule has 8 heteroatoms. The molecule has 1 aromatic heterocycles. The molecular weight excluding hydrogens is 378 g/mol. The van der Waals surface area contributed by atoms with E-state index in [0.717, 1.165) is 5.69 Å². The van der Waals surface area contributed by atoms with Crippen LogP contribution in [0.3, 0.4) is 0 Å². The maximum absolute atomic E-state index is 12.3. The number of fused-ring (bicyclic) bond motifs is 1. The highest BCUT2D eigenvalue weighted by Gasteiger charge is 2.20. The molecule has 0 atom stereocenters. The second kappa shape index (κ2) is 8.81. The third kappa shape index (κ3) is 4.59. The Hall–Kier alpha value is -3.29. The summed E-state index contributed by atoms with van der Waals surface area (Å²) in [5.74, 6) is -0.273. The summed E-state index contributed by atoms with van der Waals surface area (Å²) in [4.78, 5) is 36.6. The first-order valence-electron chi connectivity index (χ1n) is 9.33. The molecule has 1 aliphatic rings. The van der Waals surface area contributed by atoms with Crippen LogP contribution < -0.4 is 9.47 Å². The Kier molecular flexibility index (Phi) is 6.21. The zero-order chi connectivity index (χ0) is 21.0. The van der Waals surface area contributed by atoms with Gasteiger partial charge in [0.15, 0.2) is 23.9 Å². The Labute approximate surface area is 168 Å². The standard InChI is InChI=1S/C21H23NO7/c1-4-26-21(25)16-9-13(2)22(14(16)3)11-20(24)29-12-17(23)15-5-6-18-19(10-15)28-8-7-27-18/h5-6,9-10H,4,7-8,11-12H2,1-3H3. The van der Waals surface area contributed by atoms with Gasteiger partial charge < -0.3 is 23.5 Å². The van der Waals surface area contributed by atoms with E-state index in [0.29, 0.717) is 41.5 Å². The van der Waals surface area contributed by atoms with Crippen LogP contribution in [0.1, 0.15) is 39.0 Å². The van der Waals surface area contributed by atoms with Gasteiger partial charge in [-0.3, -0.25) is 9.59 Å². The van der Waals surface area contributed by atoms with Crippen molar-refractivity contribution in [2.24, 2.45) is 0 Å². The highest BCUT2D eigenvalue weighted by molar-refractivity contribution is 5.98. The molecule has 0 radical (unpaired) electrons. The molecule has 0 fully saturated rings. The van der Waals surface area contributed by atoms with Crippen molar-refractivity contribution in [3.8, 4) is 11.5 Å². The number of rotatable bonds is 7. The molecule has 1 aliphatic heterocycles. The number of benzene rings is 1. The molecule has 2 aromatic rings. The average Bonchev–Trinajstić information content (AvgIpc) is 3.00. The normalized spacial score (nSPS) is 12.4. The van der Waals surface area contributed by atoms with Crippen LogP contribution in [0.4, 0.5) is 0 Å². The molecule has 0 N–H and O–H groups in total. The van der Waals surface area contributed by atoms with Crippen molar-refractivity contribution in [3.63, 3.8) is 0 Å². The van der Waals surface area contributed by atoms with Crippen molar-refractivity contribution in [1.82, 2.24) is 4.57 Å². The van der Waals surface area contributed by atoms with E-state index in [1.165, 1.54) is 0 Å². The fourth-order valence-corrected chi connectivity index (χ4v) is 3.08. The summed E-state index contributed by atoms with van der Waals surface area (Å²) in [6, 6.07) is 6.51. The van der Waals surface area contributed by atoms with Crippen LogP contribution in [0.5, 0.6) is 11.5 Å². The van der Waals surface area contributed by atoms with Crippen LogP contribution in [0.2, 0.25) is 0 Å². The Morgan fingerprint density at radius 1 is 1.03 bits per heavy atom. The lowest BCUT2D eigenvalue weighted by Gasteiger charge is -2.18. The number of nitrogens with zero attached hydrogens (tertiary/aromatic N) is 1. The summed E-state index contributed by atoms with van der Waals surface area (Å²) in [6.45, 7) is 5.90. The maximum Gasteiger partial charge on any atom is 0.339 e. The first-order valence-corrected chi connectivity index (χ1v) is 9.33. The minimum atomic E-state index is -0.576. The van der Waals surface area contributed by atoms with E-state index in [9.17, 15) is 14.4 Å². The van der Waals surface area contributed by atoms with Crippen molar-refractivity contribution in [3.05, 3.63) is 46.8 Å². The monoisotopic (exact) mass is 401 g/mol. The van der Waals surface area contributed by atoms with Crippen LogP contribution >= 0.6 is 0 Å². The van der Waals surface area contributed by atoms with E-state index < -0.39 is 11.9 Å². The number of Topliss-reactive ketones (excluding diaryl/α,β-unsaturated/α-hetero) is 1. The maximum atomic E-state index is 12.3. The molecule has 2 heterocycles. The largest absolute Gasteiger partial charge is 0.486 e. The van der Waals surface area contributed by atoms with Gasteiger partial charge in [0, 0.05) is 17.0 Å². The lowest BCUT2D eigenvalue weighted by molar-refractivity contribution is -0.143. The minimum absolute atomic E-state index is 0.106. The number of esters is 2. The third-order valence-corrected chi connectivity index (χ3v) is 4.58. The van der Waals surface area contributed by atoms with Crippen LogP contribution in [0, 0.1) is 13.8 Å². The number of hydrogen-bond acceptors (Lipinski definition) is 7. The van der Waals surface area contributed by atoms with Crippen LogP contribution in [-0.4, -0.2) is 48.7 Å². The SMILES string of the molecule is CCOC(=O)c1cc(C)n(CC(=O)OCC(=O)c2ccc3c(c2)OCCO3)c1C. The second-order valence-corrected chi connectivity index (χ2v) is 6.53. The molecule has 0 unspecified atom stereocenters. The number of ether oxygens (including phenoxy) is 4. The first-order chi connectivity index (χ1) is 13.9. The molecule has 29 heavy (non-hydrogen) atoms. The molecule has 0 bridgehead atoms. The third-order valence-electron chi connectivity index (χ3n) is 4.58. The predicted molar refractivity (Wildman–Crippen MR) is 103 cm³/mol. The molecule has 0 spiro atoms. The number of carbonyl (C=O) groups excluding carboxylic acids is 3. The van der Waals surface area contributed by atoms with Gasteiger partial charge in [-0.05, 0) is 45.0 Å². The molecule has 1 aromatic carbocycles. The Morgan fingerprint density at radius 3 is 2.48 bits per heavy atom. The van der Waals surface area contributed by atoms with Gasteiger partial charge in [0.2, 0.25) is 0 Å². The van der Waals surface area contributed by atoms with Crippen molar-refractivity contribution < 1.29 is 33.3 Å². The highest BCUT2D eigenvalue weighted by atomic mass is 16.6. The van der Waals surface area contributed by atoms with Gasteiger partial charge in [-0.15, -0.1) is 0 Å². The zero-order valence-electron chi connectivity index (χ0n) is 16.6. The quantitative estimate of drug-likeness (QED) is 0.520. The first kappa shape index (κ1) is 20.4. The lowest BCUT2D eigenvalue weighted by Crippen LogP contribution is -2.20. The van der Waals surface area contributed by atoms with Crippen LogP contribution in [0.15, 0.2) is 24.3 Å². The predicted octanol–water partition coefficient (Wildman–Crippen LogP) is 2.48. The topological polar surface area (TPSA) is 93.1 Å². The van der Waals surface area contributed by atoms with Crippen molar-refractivity contribution in [2.45, 2.75) is 27.3 Å². The van der Waals surface area contributed by atoms with Gasteiger partial charge in [0.1, 0.15) is 19.8 Å². The minimum Gasteiger partial charge on any atom is -0.486 e. The van der Waals surface area contributed by atoms with Gasteiger partial charge in [-0.1, -0.05) is 0 Å². The average molecular weight is 401 g/mol. The number of carbonyl (C=O) groups is 3. The molecular formula is C21H23NO7. The summed E-state index contributed by atoms with van der Waals surface area (Å²) in [5, 5.41) is 0. The fourth-order valence-electron chi connectivity index (χ4n) is 3.08. The van der Waals surface area contributed by atoms with Gasteiger partial charge in [0.25, 0.3) is 0 Å². The van der Waals surface area contributed by atoms with E-state index in [1.54, 1.807) is 49.6 Å². The number of ketones is 1. The number of hydrogen-bond donors (Lipinski definition) is 0. The Morgan fingerprint density at radius 2 is 1.76 bits per heavy atom. The molecule has 0 amide bonds. The number of aromatic nitrogens is 1. The summed E-state index contributed by atoms with van der Waals surface area (Å²) < 4.78 is 22.7. The number of aryl methyl sites for hydroxylation is 1. The molecule has 154 valence electrons. The molecule has 8 nitrogen and oxygen atoms in total. The summed E-state index contributed by atoms with van der Waals surface area (Å²) in [6.07, 6.45) is 0. The second-order valence-electron chi connectivity index (χ2n) is 6.53.